The van der Waals surface area contributed by atoms with Gasteiger partial charge in [0, 0.05) is 21.8 Å². The number of hydrogen-bond donors (Lipinski definition) is 1. The van der Waals surface area contributed by atoms with Gasteiger partial charge in [0.25, 0.3) is 5.91 Å². The zero-order valence-electron chi connectivity index (χ0n) is 15.0. The van der Waals surface area contributed by atoms with E-state index < -0.39 is 23.6 Å². The zero-order chi connectivity index (χ0) is 20.5. The normalized spacial score (nSPS) is 16.0. The first-order valence-corrected chi connectivity index (χ1v) is 9.21. The molecule has 0 fully saturated rings. The van der Waals surface area contributed by atoms with Gasteiger partial charge >= 0.3 is 0 Å². The van der Waals surface area contributed by atoms with E-state index in [2.05, 4.69) is 5.32 Å². The van der Waals surface area contributed by atoms with Gasteiger partial charge in [0.15, 0.2) is 0 Å². The van der Waals surface area contributed by atoms with Crippen LogP contribution in [0.25, 0.3) is 0 Å². The first-order chi connectivity index (χ1) is 13.9. The maximum Gasteiger partial charge on any atom is 0.255 e. The van der Waals surface area contributed by atoms with E-state index in [1.165, 1.54) is 41.3 Å². The van der Waals surface area contributed by atoms with Crippen molar-refractivity contribution in [2.75, 3.05) is 11.9 Å². The van der Waals surface area contributed by atoms with E-state index in [1.54, 1.807) is 30.3 Å². The van der Waals surface area contributed by atoms with Crippen LogP contribution in [0.3, 0.4) is 0 Å². The van der Waals surface area contributed by atoms with Gasteiger partial charge in [-0.05, 0) is 60.2 Å². The lowest BCUT2D eigenvalue weighted by Gasteiger charge is -2.30. The maximum atomic E-state index is 13.5. The summed E-state index contributed by atoms with van der Waals surface area (Å²) in [5.74, 6) is -1.72. The fourth-order valence-electron chi connectivity index (χ4n) is 3.43. The van der Waals surface area contributed by atoms with Gasteiger partial charge in [-0.3, -0.25) is 9.59 Å². The minimum absolute atomic E-state index is 0.232. The Labute approximate surface area is 170 Å². The Bertz CT molecular complexity index is 1080. The van der Waals surface area contributed by atoms with E-state index in [0.29, 0.717) is 21.8 Å². The Morgan fingerprint density at radius 1 is 0.966 bits per heavy atom. The van der Waals surface area contributed by atoms with Crippen LogP contribution in [-0.2, 0) is 4.79 Å². The summed E-state index contributed by atoms with van der Waals surface area (Å²) < 4.78 is 26.8. The highest BCUT2D eigenvalue weighted by molar-refractivity contribution is 6.30. The van der Waals surface area contributed by atoms with Crippen molar-refractivity contribution in [3.05, 3.63) is 100 Å². The lowest BCUT2D eigenvalue weighted by atomic mass is 9.95. The molecule has 1 atom stereocenters. The van der Waals surface area contributed by atoms with E-state index in [1.807, 2.05) is 0 Å². The third kappa shape index (κ3) is 3.84. The molecule has 0 radical (unpaired) electrons. The van der Waals surface area contributed by atoms with Crippen molar-refractivity contribution in [2.24, 2.45) is 0 Å². The third-order valence-electron chi connectivity index (χ3n) is 4.75. The lowest BCUT2D eigenvalue weighted by molar-refractivity contribution is -0.117. The second kappa shape index (κ2) is 7.64. The second-order valence-electron chi connectivity index (χ2n) is 6.67. The first kappa shape index (κ1) is 19.1. The molecule has 0 saturated carbocycles. The average Bonchev–Trinajstić information content (AvgIpc) is 2.84. The van der Waals surface area contributed by atoms with Gasteiger partial charge in [0.05, 0.1) is 6.04 Å². The number of hydrogen-bond acceptors (Lipinski definition) is 2. The average molecular weight is 413 g/mol. The van der Waals surface area contributed by atoms with Crippen LogP contribution in [0.2, 0.25) is 5.02 Å². The van der Waals surface area contributed by atoms with Gasteiger partial charge < -0.3 is 10.2 Å². The van der Waals surface area contributed by atoms with E-state index in [9.17, 15) is 18.4 Å². The number of anilines is 1. The number of nitrogens with one attached hydrogen (secondary N) is 1. The number of halogens is 3. The summed E-state index contributed by atoms with van der Waals surface area (Å²) >= 11 is 6.19. The number of carbonyl (C=O) groups is 2. The molecule has 3 aromatic carbocycles. The molecule has 0 aliphatic carbocycles. The fraction of sp³-hybridized carbons (Fsp3) is 0.0909. The Hall–Kier alpha value is -3.25. The molecule has 7 heteroatoms. The largest absolute Gasteiger partial charge is 0.324 e. The molecule has 0 saturated heterocycles. The molecule has 146 valence electrons. The SMILES string of the molecule is O=C1CN(C(=O)c2ccc(F)cc2)[C@H](c2ccc(F)cc2)c2cc(Cl)ccc2N1. The minimum Gasteiger partial charge on any atom is -0.324 e. The molecule has 1 aliphatic heterocycles. The molecular weight excluding hydrogens is 398 g/mol. The van der Waals surface area contributed by atoms with Crippen LogP contribution in [0.4, 0.5) is 14.5 Å². The van der Waals surface area contributed by atoms with Crippen molar-refractivity contribution in [1.29, 1.82) is 0 Å². The molecule has 29 heavy (non-hydrogen) atoms. The molecule has 2 amide bonds. The number of nitrogens with zero attached hydrogens (tertiary/aromatic N) is 1. The number of fused-ring (bicyclic) bond motifs is 1. The molecular formula is C22H15ClF2N2O2. The fourth-order valence-corrected chi connectivity index (χ4v) is 3.61. The molecule has 0 bridgehead atoms. The summed E-state index contributed by atoms with van der Waals surface area (Å²) in [6.07, 6.45) is 0. The van der Waals surface area contributed by atoms with Crippen molar-refractivity contribution >= 4 is 29.1 Å². The molecule has 1 N–H and O–H groups in total. The maximum absolute atomic E-state index is 13.5. The molecule has 0 unspecified atom stereocenters. The molecule has 4 rings (SSSR count). The van der Waals surface area contributed by atoms with Crippen LogP contribution in [0.1, 0.15) is 27.5 Å². The Kier molecular flexibility index (Phi) is 5.03. The van der Waals surface area contributed by atoms with E-state index in [0.717, 1.165) is 0 Å². The van der Waals surface area contributed by atoms with Crippen LogP contribution < -0.4 is 5.32 Å². The van der Waals surface area contributed by atoms with E-state index in [-0.39, 0.29) is 18.0 Å². The van der Waals surface area contributed by atoms with Gasteiger partial charge in [-0.2, -0.15) is 0 Å². The van der Waals surface area contributed by atoms with Crippen LogP contribution in [0.15, 0.2) is 66.7 Å². The molecule has 0 aromatic heterocycles. The molecule has 1 aliphatic rings. The Balaban J connectivity index is 1.88. The van der Waals surface area contributed by atoms with Crippen molar-refractivity contribution in [3.8, 4) is 0 Å². The quantitative estimate of drug-likeness (QED) is 0.657. The predicted octanol–water partition coefficient (Wildman–Crippen LogP) is 4.80. The second-order valence-corrected chi connectivity index (χ2v) is 7.11. The molecule has 1 heterocycles. The Morgan fingerprint density at radius 3 is 2.24 bits per heavy atom. The van der Waals surface area contributed by atoms with Gasteiger partial charge in [-0.1, -0.05) is 23.7 Å². The number of rotatable bonds is 2. The molecule has 0 spiro atoms. The van der Waals surface area contributed by atoms with Gasteiger partial charge in [-0.15, -0.1) is 0 Å². The number of benzene rings is 3. The van der Waals surface area contributed by atoms with Crippen molar-refractivity contribution in [3.63, 3.8) is 0 Å². The predicted molar refractivity (Wildman–Crippen MR) is 106 cm³/mol. The van der Waals surface area contributed by atoms with Gasteiger partial charge in [0.1, 0.15) is 18.2 Å². The van der Waals surface area contributed by atoms with Gasteiger partial charge in [0.2, 0.25) is 5.91 Å². The highest BCUT2D eigenvalue weighted by Crippen LogP contribution is 2.38. The third-order valence-corrected chi connectivity index (χ3v) is 4.98. The summed E-state index contributed by atoms with van der Waals surface area (Å²) in [5, 5.41) is 3.21. The Morgan fingerprint density at radius 2 is 1.59 bits per heavy atom. The van der Waals surface area contributed by atoms with Crippen LogP contribution >= 0.6 is 11.6 Å². The van der Waals surface area contributed by atoms with Crippen LogP contribution in [0.5, 0.6) is 0 Å². The number of amides is 2. The van der Waals surface area contributed by atoms with Crippen LogP contribution in [0, 0.1) is 11.6 Å². The summed E-state index contributed by atoms with van der Waals surface area (Å²) in [7, 11) is 0. The highest BCUT2D eigenvalue weighted by atomic mass is 35.5. The van der Waals surface area contributed by atoms with Crippen molar-refractivity contribution < 1.29 is 18.4 Å². The molecule has 4 nitrogen and oxygen atoms in total. The summed E-state index contributed by atoms with van der Waals surface area (Å²) in [6, 6.07) is 15.1. The van der Waals surface area contributed by atoms with Gasteiger partial charge in [-0.25, -0.2) is 8.78 Å². The monoisotopic (exact) mass is 412 g/mol. The number of carbonyl (C=O) groups excluding carboxylic acids is 2. The van der Waals surface area contributed by atoms with Crippen molar-refractivity contribution in [1.82, 2.24) is 4.90 Å². The molecule has 3 aromatic rings. The van der Waals surface area contributed by atoms with E-state index in [4.69, 9.17) is 11.6 Å². The summed E-state index contributed by atoms with van der Waals surface area (Å²) in [5.41, 5.74) is 1.97. The van der Waals surface area contributed by atoms with E-state index >= 15 is 0 Å². The highest BCUT2D eigenvalue weighted by Gasteiger charge is 2.34. The topological polar surface area (TPSA) is 49.4 Å². The summed E-state index contributed by atoms with van der Waals surface area (Å²) in [6.45, 7) is -0.232. The smallest absolute Gasteiger partial charge is 0.255 e. The standard InChI is InChI=1S/C22H15ClF2N2O2/c23-15-5-10-19-18(11-15)21(13-1-6-16(24)7-2-13)27(12-20(28)26-19)22(29)14-3-8-17(25)9-4-14/h1-11,21H,12H2,(H,26,28)/t21-/m1/s1. The first-order valence-electron chi connectivity index (χ1n) is 8.83. The van der Waals surface area contributed by atoms with Crippen molar-refractivity contribution in [2.45, 2.75) is 6.04 Å². The summed E-state index contributed by atoms with van der Waals surface area (Å²) in [4.78, 5) is 27.1. The van der Waals surface area contributed by atoms with Crippen LogP contribution in [-0.4, -0.2) is 23.3 Å². The zero-order valence-corrected chi connectivity index (χ0v) is 15.8. The minimum atomic E-state index is -0.694. The lowest BCUT2D eigenvalue weighted by Crippen LogP contribution is -2.39.